The fourth-order valence-corrected chi connectivity index (χ4v) is 2.58. The molecule has 1 aliphatic rings. The van der Waals surface area contributed by atoms with E-state index in [2.05, 4.69) is 22.1 Å². The first-order chi connectivity index (χ1) is 9.19. The normalized spacial score (nSPS) is 16.7. The molecular formula is C13H16N4O2. The van der Waals surface area contributed by atoms with Gasteiger partial charge in [-0.3, -0.25) is 9.69 Å². The first kappa shape index (κ1) is 12.1. The summed E-state index contributed by atoms with van der Waals surface area (Å²) in [5.41, 5.74) is 2.42. The monoisotopic (exact) mass is 260 g/mol. The van der Waals surface area contributed by atoms with E-state index in [1.165, 1.54) is 0 Å². The molecule has 2 heterocycles. The molecule has 0 spiro atoms. The van der Waals surface area contributed by atoms with Crippen LogP contribution in [0.25, 0.3) is 11.0 Å². The van der Waals surface area contributed by atoms with Gasteiger partial charge in [-0.25, -0.2) is 4.68 Å². The van der Waals surface area contributed by atoms with E-state index in [1.807, 2.05) is 22.9 Å². The highest BCUT2D eigenvalue weighted by Gasteiger charge is 2.29. The van der Waals surface area contributed by atoms with E-state index >= 15 is 0 Å². The van der Waals surface area contributed by atoms with Gasteiger partial charge in [0.05, 0.1) is 18.0 Å². The second-order valence-electron chi connectivity index (χ2n) is 4.90. The minimum Gasteiger partial charge on any atom is -0.481 e. The van der Waals surface area contributed by atoms with Crippen molar-refractivity contribution in [2.24, 2.45) is 0 Å². The number of fused-ring (bicyclic) bond motifs is 1. The Kier molecular flexibility index (Phi) is 2.94. The van der Waals surface area contributed by atoms with Gasteiger partial charge in [0.2, 0.25) is 0 Å². The summed E-state index contributed by atoms with van der Waals surface area (Å²) in [6.07, 6.45) is 0.00885. The minimum atomic E-state index is -0.830. The number of hydrogen-bond acceptors (Lipinski definition) is 4. The molecule has 1 saturated heterocycles. The van der Waals surface area contributed by atoms with Gasteiger partial charge in [-0.1, -0.05) is 24.3 Å². The van der Waals surface area contributed by atoms with Crippen LogP contribution < -0.4 is 0 Å². The fraction of sp³-hybridized carbons (Fsp3) is 0.462. The lowest BCUT2D eigenvalue weighted by Gasteiger charge is -2.38. The van der Waals surface area contributed by atoms with Gasteiger partial charge in [0.1, 0.15) is 5.52 Å². The first-order valence-electron chi connectivity index (χ1n) is 6.46. The third kappa shape index (κ3) is 2.08. The van der Waals surface area contributed by atoms with Crippen molar-refractivity contribution in [3.8, 4) is 0 Å². The molecule has 0 amide bonds. The molecule has 0 aliphatic carbocycles. The molecule has 6 heteroatoms. The molecule has 0 bridgehead atoms. The lowest BCUT2D eigenvalue weighted by molar-refractivity contribution is -0.136. The number of nitrogens with zero attached hydrogens (tertiary/aromatic N) is 4. The predicted octanol–water partition coefficient (Wildman–Crippen LogP) is 0.935. The van der Waals surface area contributed by atoms with Crippen LogP contribution in [-0.4, -0.2) is 50.6 Å². The molecule has 3 rings (SSSR count). The summed E-state index contributed by atoms with van der Waals surface area (Å²) in [4.78, 5) is 13.3. The van der Waals surface area contributed by atoms with E-state index in [4.69, 9.17) is 5.11 Å². The minimum absolute atomic E-state index is 0.00885. The molecule has 1 fully saturated rings. The molecule has 1 aromatic heterocycles. The van der Waals surface area contributed by atoms with Crippen molar-refractivity contribution in [2.45, 2.75) is 19.4 Å². The number of para-hydroxylation sites is 1. The molecule has 0 atom stereocenters. The number of carbonyl (C=O) groups is 1. The van der Waals surface area contributed by atoms with Gasteiger partial charge in [0.25, 0.3) is 0 Å². The van der Waals surface area contributed by atoms with Crippen molar-refractivity contribution < 1.29 is 9.90 Å². The number of rotatable bonds is 4. The molecule has 1 N–H and O–H groups in total. The molecule has 100 valence electrons. The lowest BCUT2D eigenvalue weighted by atomic mass is 10.1. The standard InChI is InChI=1S/C13H16N4O2/c1-2-16-7-10(8-16)17-13-9(6-12(18)19)4-3-5-11(13)14-15-17/h3-5,10H,2,6-8H2,1H3,(H,18,19). The average Bonchev–Trinajstić information content (AvgIpc) is 2.72. The Hall–Kier alpha value is -1.95. The van der Waals surface area contributed by atoms with Gasteiger partial charge in [0, 0.05) is 13.1 Å². The van der Waals surface area contributed by atoms with Crippen LogP contribution >= 0.6 is 0 Å². The lowest BCUT2D eigenvalue weighted by Crippen LogP contribution is -2.47. The maximum absolute atomic E-state index is 10.9. The Bertz CT molecular complexity index is 616. The van der Waals surface area contributed by atoms with Crippen LogP contribution in [-0.2, 0) is 11.2 Å². The number of carboxylic acids is 1. The maximum Gasteiger partial charge on any atom is 0.307 e. The summed E-state index contributed by atoms with van der Waals surface area (Å²) in [5.74, 6) is -0.830. The molecule has 19 heavy (non-hydrogen) atoms. The summed E-state index contributed by atoms with van der Waals surface area (Å²) in [6, 6.07) is 5.85. The van der Waals surface area contributed by atoms with Gasteiger partial charge in [-0.2, -0.15) is 0 Å². The molecular weight excluding hydrogens is 244 g/mol. The zero-order valence-electron chi connectivity index (χ0n) is 10.8. The summed E-state index contributed by atoms with van der Waals surface area (Å²) in [7, 11) is 0. The zero-order valence-corrected chi connectivity index (χ0v) is 10.8. The third-order valence-corrected chi connectivity index (χ3v) is 3.65. The Labute approximate surface area is 110 Å². The summed E-state index contributed by atoms with van der Waals surface area (Å²) in [5, 5.41) is 17.3. The molecule has 0 radical (unpaired) electrons. The van der Waals surface area contributed by atoms with Crippen molar-refractivity contribution in [2.75, 3.05) is 19.6 Å². The van der Waals surface area contributed by atoms with Crippen molar-refractivity contribution in [3.63, 3.8) is 0 Å². The highest BCUT2D eigenvalue weighted by atomic mass is 16.4. The number of likely N-dealkylation sites (N-methyl/N-ethyl adjacent to an activating group) is 1. The van der Waals surface area contributed by atoms with E-state index < -0.39 is 5.97 Å². The quantitative estimate of drug-likeness (QED) is 0.885. The Balaban J connectivity index is 1.98. The van der Waals surface area contributed by atoms with Crippen LogP contribution in [0.15, 0.2) is 18.2 Å². The Morgan fingerprint density at radius 2 is 2.26 bits per heavy atom. The number of hydrogen-bond donors (Lipinski definition) is 1. The van der Waals surface area contributed by atoms with Gasteiger partial charge in [0.15, 0.2) is 0 Å². The van der Waals surface area contributed by atoms with Crippen LogP contribution in [0.5, 0.6) is 0 Å². The van der Waals surface area contributed by atoms with Crippen molar-refractivity contribution in [1.82, 2.24) is 19.9 Å². The number of benzene rings is 1. The molecule has 2 aromatic rings. The number of aliphatic carboxylic acids is 1. The SMILES string of the molecule is CCN1CC(n2nnc3cccc(CC(=O)O)c32)C1. The second kappa shape index (κ2) is 4.62. The smallest absolute Gasteiger partial charge is 0.307 e. The summed E-state index contributed by atoms with van der Waals surface area (Å²) in [6.45, 7) is 5.07. The van der Waals surface area contributed by atoms with Crippen LogP contribution in [0.2, 0.25) is 0 Å². The van der Waals surface area contributed by atoms with Gasteiger partial charge in [-0.15, -0.1) is 5.10 Å². The first-order valence-corrected chi connectivity index (χ1v) is 6.46. The fourth-order valence-electron chi connectivity index (χ4n) is 2.58. The van der Waals surface area contributed by atoms with Crippen molar-refractivity contribution in [1.29, 1.82) is 0 Å². The topological polar surface area (TPSA) is 71.2 Å². The highest BCUT2D eigenvalue weighted by Crippen LogP contribution is 2.26. The second-order valence-corrected chi connectivity index (χ2v) is 4.90. The molecule has 0 unspecified atom stereocenters. The average molecular weight is 260 g/mol. The molecule has 6 nitrogen and oxygen atoms in total. The van der Waals surface area contributed by atoms with Crippen LogP contribution in [0.3, 0.4) is 0 Å². The van der Waals surface area contributed by atoms with Crippen LogP contribution in [0.1, 0.15) is 18.5 Å². The Morgan fingerprint density at radius 1 is 1.47 bits per heavy atom. The maximum atomic E-state index is 10.9. The summed E-state index contributed by atoms with van der Waals surface area (Å²) >= 11 is 0. The number of aromatic nitrogens is 3. The summed E-state index contributed by atoms with van der Waals surface area (Å²) < 4.78 is 1.89. The number of carboxylic acid groups (broad SMARTS) is 1. The van der Waals surface area contributed by atoms with Crippen molar-refractivity contribution >= 4 is 17.0 Å². The van der Waals surface area contributed by atoms with E-state index in [9.17, 15) is 4.79 Å². The van der Waals surface area contributed by atoms with Gasteiger partial charge >= 0.3 is 5.97 Å². The van der Waals surface area contributed by atoms with E-state index in [0.717, 1.165) is 36.2 Å². The molecule has 1 aromatic carbocycles. The zero-order chi connectivity index (χ0) is 13.4. The van der Waals surface area contributed by atoms with Crippen molar-refractivity contribution in [3.05, 3.63) is 23.8 Å². The van der Waals surface area contributed by atoms with Crippen LogP contribution in [0, 0.1) is 0 Å². The highest BCUT2D eigenvalue weighted by molar-refractivity contribution is 5.83. The molecule has 1 aliphatic heterocycles. The molecule has 0 saturated carbocycles. The van der Waals surface area contributed by atoms with Crippen LogP contribution in [0.4, 0.5) is 0 Å². The Morgan fingerprint density at radius 3 is 2.95 bits per heavy atom. The van der Waals surface area contributed by atoms with E-state index in [-0.39, 0.29) is 6.42 Å². The van der Waals surface area contributed by atoms with E-state index in [1.54, 1.807) is 0 Å². The van der Waals surface area contributed by atoms with Gasteiger partial charge < -0.3 is 5.11 Å². The number of likely N-dealkylation sites (tertiary alicyclic amines) is 1. The third-order valence-electron chi connectivity index (χ3n) is 3.65. The van der Waals surface area contributed by atoms with Gasteiger partial charge in [-0.05, 0) is 18.2 Å². The largest absolute Gasteiger partial charge is 0.481 e. The van der Waals surface area contributed by atoms with E-state index in [0.29, 0.717) is 6.04 Å². The predicted molar refractivity (Wildman–Crippen MR) is 70.0 cm³/mol.